The van der Waals surface area contributed by atoms with Crippen LogP contribution in [-0.4, -0.2) is 15.0 Å². The molecule has 0 aliphatic heterocycles. The third-order valence-corrected chi connectivity index (χ3v) is 10.0. The predicted molar refractivity (Wildman–Crippen MR) is 200 cm³/mol. The van der Waals surface area contributed by atoms with Gasteiger partial charge in [0.1, 0.15) is 11.2 Å². The monoisotopic (exact) mass is 623 g/mol. The lowest BCUT2D eigenvalue weighted by atomic mass is 9.93. The first kappa shape index (κ1) is 26.4. The molecule has 0 fully saturated rings. The molecule has 1 aliphatic rings. The largest absolute Gasteiger partial charge is 0.456 e. The molecule has 1 aliphatic carbocycles. The first-order chi connectivity index (χ1) is 24.3. The van der Waals surface area contributed by atoms with E-state index in [1.165, 1.54) is 32.7 Å². The standard InChI is InChI=1S/C45H25N3O/c1-2-12-27(13-3-1)43-46-44(36-24-28-14-4-5-17-29(28)30-18-6-7-19-31(30)36)48-45(47-43)42-40-34-22-11-16-26-15-10-21-32(39(26)34)35(40)25-38-41(42)33-20-8-9-23-37(33)49-38/h1-25H. The Morgan fingerprint density at radius 1 is 0.347 bits per heavy atom. The van der Waals surface area contributed by atoms with Crippen molar-refractivity contribution in [3.8, 4) is 56.4 Å². The fourth-order valence-corrected chi connectivity index (χ4v) is 7.94. The molecule has 8 aromatic carbocycles. The molecule has 4 nitrogen and oxygen atoms in total. The number of hydrogen-bond donors (Lipinski definition) is 0. The zero-order valence-corrected chi connectivity index (χ0v) is 26.2. The van der Waals surface area contributed by atoms with Crippen molar-refractivity contribution in [2.75, 3.05) is 0 Å². The van der Waals surface area contributed by atoms with Gasteiger partial charge in [-0.05, 0) is 67.2 Å². The summed E-state index contributed by atoms with van der Waals surface area (Å²) in [5, 5.41) is 9.13. The highest BCUT2D eigenvalue weighted by molar-refractivity contribution is 6.25. The Balaban J connectivity index is 1.31. The number of fused-ring (bicyclic) bond motifs is 9. The number of benzene rings is 8. The van der Waals surface area contributed by atoms with Gasteiger partial charge < -0.3 is 4.42 Å². The van der Waals surface area contributed by atoms with Crippen molar-refractivity contribution < 1.29 is 4.42 Å². The van der Waals surface area contributed by atoms with Gasteiger partial charge in [-0.1, -0.05) is 133 Å². The highest BCUT2D eigenvalue weighted by Gasteiger charge is 2.30. The van der Waals surface area contributed by atoms with Crippen molar-refractivity contribution in [3.05, 3.63) is 152 Å². The Labute approximate surface area is 281 Å². The Morgan fingerprint density at radius 2 is 1.00 bits per heavy atom. The highest BCUT2D eigenvalue weighted by atomic mass is 16.3. The molecule has 10 aromatic rings. The van der Waals surface area contributed by atoms with Crippen LogP contribution in [0, 0.1) is 0 Å². The summed E-state index contributed by atoms with van der Waals surface area (Å²) < 4.78 is 6.60. The van der Waals surface area contributed by atoms with Crippen LogP contribution in [0.15, 0.2) is 156 Å². The second-order valence-corrected chi connectivity index (χ2v) is 12.7. The van der Waals surface area contributed by atoms with Crippen LogP contribution < -0.4 is 0 Å². The number of aromatic nitrogens is 3. The number of hydrogen-bond acceptors (Lipinski definition) is 4. The van der Waals surface area contributed by atoms with Crippen molar-refractivity contribution in [2.24, 2.45) is 0 Å². The van der Waals surface area contributed by atoms with E-state index in [1.807, 2.05) is 30.3 Å². The molecule has 226 valence electrons. The van der Waals surface area contributed by atoms with E-state index < -0.39 is 0 Å². The summed E-state index contributed by atoms with van der Waals surface area (Å²) in [6, 6.07) is 53.1. The molecule has 49 heavy (non-hydrogen) atoms. The SMILES string of the molecule is c1ccc(-c2nc(-c3cc4ccccc4c4ccccc34)nc(-c3c4c(cc5oc6ccccc6c35)-c3cccc5cccc-4c35)n2)cc1. The van der Waals surface area contributed by atoms with Crippen molar-refractivity contribution in [2.45, 2.75) is 0 Å². The van der Waals surface area contributed by atoms with Crippen LogP contribution in [0.2, 0.25) is 0 Å². The minimum atomic E-state index is 0.624. The lowest BCUT2D eigenvalue weighted by Gasteiger charge is -2.15. The normalized spacial score (nSPS) is 12.1. The van der Waals surface area contributed by atoms with Crippen molar-refractivity contribution in [3.63, 3.8) is 0 Å². The average Bonchev–Trinajstić information content (AvgIpc) is 3.70. The molecule has 0 bridgehead atoms. The summed E-state index contributed by atoms with van der Waals surface area (Å²) >= 11 is 0. The maximum atomic E-state index is 6.60. The van der Waals surface area contributed by atoms with Gasteiger partial charge in [0.2, 0.25) is 0 Å². The fraction of sp³-hybridized carbons (Fsp3) is 0. The van der Waals surface area contributed by atoms with Gasteiger partial charge in [-0.2, -0.15) is 0 Å². The number of para-hydroxylation sites is 1. The fourth-order valence-electron chi connectivity index (χ4n) is 7.94. The minimum absolute atomic E-state index is 0.624. The molecule has 0 saturated heterocycles. The topological polar surface area (TPSA) is 51.8 Å². The molecule has 2 aromatic heterocycles. The molecule has 4 heteroatoms. The van der Waals surface area contributed by atoms with Crippen LogP contribution in [0.5, 0.6) is 0 Å². The predicted octanol–water partition coefficient (Wildman–Crippen LogP) is 11.9. The third kappa shape index (κ3) is 3.77. The molecule has 0 radical (unpaired) electrons. The van der Waals surface area contributed by atoms with Gasteiger partial charge in [0.15, 0.2) is 17.5 Å². The van der Waals surface area contributed by atoms with Crippen LogP contribution >= 0.6 is 0 Å². The molecule has 0 atom stereocenters. The van der Waals surface area contributed by atoms with E-state index in [2.05, 4.69) is 121 Å². The van der Waals surface area contributed by atoms with E-state index in [-0.39, 0.29) is 0 Å². The molecule has 0 spiro atoms. The first-order valence-electron chi connectivity index (χ1n) is 16.5. The zero-order chi connectivity index (χ0) is 32.1. The zero-order valence-electron chi connectivity index (χ0n) is 26.2. The minimum Gasteiger partial charge on any atom is -0.456 e. The Morgan fingerprint density at radius 3 is 1.86 bits per heavy atom. The molecule has 11 rings (SSSR count). The van der Waals surface area contributed by atoms with E-state index in [4.69, 9.17) is 19.4 Å². The Kier molecular flexibility index (Phi) is 5.35. The summed E-state index contributed by atoms with van der Waals surface area (Å²) in [6.45, 7) is 0. The van der Waals surface area contributed by atoms with Gasteiger partial charge in [0.25, 0.3) is 0 Å². The quantitative estimate of drug-likeness (QED) is 0.184. The summed E-state index contributed by atoms with van der Waals surface area (Å²) in [5.41, 5.74) is 9.18. The number of furan rings is 1. The molecule has 0 saturated carbocycles. The molecule has 2 heterocycles. The second kappa shape index (κ2) is 9.93. The van der Waals surface area contributed by atoms with Crippen molar-refractivity contribution in [1.29, 1.82) is 0 Å². The number of rotatable bonds is 3. The van der Waals surface area contributed by atoms with Crippen LogP contribution in [0.1, 0.15) is 0 Å². The van der Waals surface area contributed by atoms with Crippen LogP contribution in [0.3, 0.4) is 0 Å². The van der Waals surface area contributed by atoms with Gasteiger partial charge in [0, 0.05) is 33.0 Å². The van der Waals surface area contributed by atoms with Gasteiger partial charge >= 0.3 is 0 Å². The summed E-state index contributed by atoms with van der Waals surface area (Å²) in [7, 11) is 0. The molecule has 0 N–H and O–H groups in total. The summed E-state index contributed by atoms with van der Waals surface area (Å²) in [5.74, 6) is 1.89. The lowest BCUT2D eigenvalue weighted by Crippen LogP contribution is -2.02. The van der Waals surface area contributed by atoms with Gasteiger partial charge in [-0.3, -0.25) is 0 Å². The number of nitrogens with zero attached hydrogens (tertiary/aromatic N) is 3. The molecular weight excluding hydrogens is 599 g/mol. The molecular formula is C45H25N3O. The molecule has 0 unspecified atom stereocenters. The van der Waals surface area contributed by atoms with Crippen LogP contribution in [0.25, 0.3) is 111 Å². The Bertz CT molecular complexity index is 2990. The van der Waals surface area contributed by atoms with E-state index >= 15 is 0 Å². The van der Waals surface area contributed by atoms with Crippen molar-refractivity contribution >= 4 is 54.3 Å². The third-order valence-electron chi connectivity index (χ3n) is 10.0. The van der Waals surface area contributed by atoms with Crippen molar-refractivity contribution in [1.82, 2.24) is 15.0 Å². The highest BCUT2D eigenvalue weighted by Crippen LogP contribution is 2.54. The second-order valence-electron chi connectivity index (χ2n) is 12.7. The maximum Gasteiger partial charge on any atom is 0.165 e. The average molecular weight is 624 g/mol. The van der Waals surface area contributed by atoms with Crippen LogP contribution in [-0.2, 0) is 0 Å². The maximum absolute atomic E-state index is 6.60. The van der Waals surface area contributed by atoms with Gasteiger partial charge in [-0.25, -0.2) is 15.0 Å². The van der Waals surface area contributed by atoms with E-state index in [1.54, 1.807) is 0 Å². The summed E-state index contributed by atoms with van der Waals surface area (Å²) in [6.07, 6.45) is 0. The van der Waals surface area contributed by atoms with E-state index in [0.717, 1.165) is 60.5 Å². The van der Waals surface area contributed by atoms with Crippen LogP contribution in [0.4, 0.5) is 0 Å². The molecule has 0 amide bonds. The van der Waals surface area contributed by atoms with Gasteiger partial charge in [0.05, 0.1) is 0 Å². The van der Waals surface area contributed by atoms with E-state index in [9.17, 15) is 0 Å². The van der Waals surface area contributed by atoms with E-state index in [0.29, 0.717) is 17.5 Å². The smallest absolute Gasteiger partial charge is 0.165 e. The first-order valence-corrected chi connectivity index (χ1v) is 16.5. The lowest BCUT2D eigenvalue weighted by molar-refractivity contribution is 0.669. The summed E-state index contributed by atoms with van der Waals surface area (Å²) in [4.78, 5) is 16.0. The van der Waals surface area contributed by atoms with Gasteiger partial charge in [-0.15, -0.1) is 0 Å². The Hall–Kier alpha value is -6.65.